The molecule has 0 aromatic rings. The molecule has 4 atom stereocenters. The van der Waals surface area contributed by atoms with Crippen LogP contribution in [0.25, 0.3) is 0 Å². The Hall–Kier alpha value is -0.0800. The van der Waals surface area contributed by atoms with Gasteiger partial charge in [0.05, 0.1) is 12.2 Å². The molecular formula is C10H16O2. The summed E-state index contributed by atoms with van der Waals surface area (Å²) in [5, 5.41) is 19.7. The van der Waals surface area contributed by atoms with E-state index in [4.69, 9.17) is 0 Å². The van der Waals surface area contributed by atoms with Gasteiger partial charge in [-0.2, -0.15) is 0 Å². The van der Waals surface area contributed by atoms with Crippen LogP contribution in [-0.4, -0.2) is 22.4 Å². The Morgan fingerprint density at radius 3 is 1.92 bits per heavy atom. The molecule has 2 heteroatoms. The van der Waals surface area contributed by atoms with Crippen LogP contribution in [0.3, 0.4) is 0 Å². The molecule has 12 heavy (non-hydrogen) atoms. The number of aliphatic hydroxyl groups is 2. The lowest BCUT2D eigenvalue weighted by Crippen LogP contribution is -2.55. The SMILES string of the molecule is OC1C2CC3CC(C2)C(O)C1C3. The standard InChI is InChI=1S/C10H16O2/c11-9-6-1-5-2-7(4-6)10(12)8(9)3-5/h5-12H,1-4H2. The Bertz CT molecular complexity index is 186. The summed E-state index contributed by atoms with van der Waals surface area (Å²) in [5.41, 5.74) is 0. The minimum absolute atomic E-state index is 0.187. The number of rotatable bonds is 0. The second-order valence-electron chi connectivity index (χ2n) is 4.97. The summed E-state index contributed by atoms with van der Waals surface area (Å²) in [6, 6.07) is 0. The van der Waals surface area contributed by atoms with Gasteiger partial charge in [-0.05, 0) is 43.4 Å². The van der Waals surface area contributed by atoms with Crippen molar-refractivity contribution in [2.45, 2.75) is 37.9 Å². The van der Waals surface area contributed by atoms with Gasteiger partial charge in [-0.3, -0.25) is 0 Å². The van der Waals surface area contributed by atoms with Gasteiger partial charge in [-0.15, -0.1) is 0 Å². The van der Waals surface area contributed by atoms with Crippen LogP contribution in [0.15, 0.2) is 0 Å². The molecule has 4 aliphatic carbocycles. The van der Waals surface area contributed by atoms with Gasteiger partial charge in [-0.25, -0.2) is 0 Å². The van der Waals surface area contributed by atoms with Crippen LogP contribution in [-0.2, 0) is 0 Å². The maximum Gasteiger partial charge on any atom is 0.0621 e. The molecule has 0 heterocycles. The smallest absolute Gasteiger partial charge is 0.0621 e. The van der Waals surface area contributed by atoms with Crippen molar-refractivity contribution in [3.8, 4) is 0 Å². The van der Waals surface area contributed by atoms with E-state index in [-0.39, 0.29) is 18.1 Å². The molecule has 4 aliphatic rings. The van der Waals surface area contributed by atoms with Gasteiger partial charge in [0.15, 0.2) is 0 Å². The Morgan fingerprint density at radius 1 is 0.750 bits per heavy atom. The molecule has 4 rings (SSSR count). The first-order chi connectivity index (χ1) is 5.75. The molecule has 0 saturated heterocycles. The normalized spacial score (nSPS) is 62.5. The highest BCUT2D eigenvalue weighted by Crippen LogP contribution is 2.53. The van der Waals surface area contributed by atoms with Gasteiger partial charge in [-0.1, -0.05) is 0 Å². The van der Waals surface area contributed by atoms with Gasteiger partial charge in [0, 0.05) is 5.92 Å². The van der Waals surface area contributed by atoms with Crippen molar-refractivity contribution in [1.82, 2.24) is 0 Å². The van der Waals surface area contributed by atoms with Crippen LogP contribution in [0.5, 0.6) is 0 Å². The van der Waals surface area contributed by atoms with Gasteiger partial charge in [0.25, 0.3) is 0 Å². The summed E-state index contributed by atoms with van der Waals surface area (Å²) >= 11 is 0. The zero-order valence-electron chi connectivity index (χ0n) is 7.19. The zero-order chi connectivity index (χ0) is 8.29. The molecule has 4 bridgehead atoms. The molecule has 4 saturated carbocycles. The number of hydrogen-bond acceptors (Lipinski definition) is 2. The topological polar surface area (TPSA) is 40.5 Å². The van der Waals surface area contributed by atoms with E-state index in [1.807, 2.05) is 0 Å². The van der Waals surface area contributed by atoms with Crippen LogP contribution in [0, 0.1) is 23.7 Å². The van der Waals surface area contributed by atoms with Crippen LogP contribution >= 0.6 is 0 Å². The minimum atomic E-state index is -0.187. The lowest BCUT2D eigenvalue weighted by atomic mass is 9.54. The summed E-state index contributed by atoms with van der Waals surface area (Å²) in [4.78, 5) is 0. The quantitative estimate of drug-likeness (QED) is 0.561. The molecule has 0 aromatic carbocycles. The van der Waals surface area contributed by atoms with E-state index in [9.17, 15) is 10.2 Å². The van der Waals surface area contributed by atoms with Gasteiger partial charge < -0.3 is 10.2 Å². The third-order valence-corrected chi connectivity index (χ3v) is 4.33. The first-order valence-corrected chi connectivity index (χ1v) is 5.12. The van der Waals surface area contributed by atoms with Crippen LogP contribution < -0.4 is 0 Å². The molecule has 0 aliphatic heterocycles. The average Bonchev–Trinajstić information content (AvgIpc) is 2.07. The maximum atomic E-state index is 9.84. The van der Waals surface area contributed by atoms with E-state index in [0.29, 0.717) is 11.8 Å². The van der Waals surface area contributed by atoms with E-state index >= 15 is 0 Å². The van der Waals surface area contributed by atoms with Crippen LogP contribution in [0.1, 0.15) is 25.7 Å². The molecule has 0 spiro atoms. The average molecular weight is 168 g/mol. The van der Waals surface area contributed by atoms with E-state index in [1.165, 1.54) is 12.8 Å². The van der Waals surface area contributed by atoms with E-state index in [0.717, 1.165) is 18.8 Å². The molecule has 2 nitrogen and oxygen atoms in total. The summed E-state index contributed by atoms with van der Waals surface area (Å²) in [6.45, 7) is 0. The van der Waals surface area contributed by atoms with Crippen molar-refractivity contribution < 1.29 is 10.2 Å². The molecular weight excluding hydrogens is 152 g/mol. The monoisotopic (exact) mass is 168 g/mol. The molecule has 68 valence electrons. The lowest BCUT2D eigenvalue weighted by Gasteiger charge is -2.55. The largest absolute Gasteiger partial charge is 0.392 e. The van der Waals surface area contributed by atoms with Crippen molar-refractivity contribution in [2.24, 2.45) is 23.7 Å². The second-order valence-corrected chi connectivity index (χ2v) is 4.97. The fraction of sp³-hybridized carbons (Fsp3) is 1.00. The summed E-state index contributed by atoms with van der Waals surface area (Å²) in [7, 11) is 0. The lowest BCUT2D eigenvalue weighted by molar-refractivity contribution is -0.161. The van der Waals surface area contributed by atoms with Gasteiger partial charge >= 0.3 is 0 Å². The van der Waals surface area contributed by atoms with E-state index in [1.54, 1.807) is 0 Å². The second kappa shape index (κ2) is 2.24. The summed E-state index contributed by atoms with van der Waals surface area (Å²) in [6.07, 6.45) is 4.23. The predicted molar refractivity (Wildman–Crippen MR) is 44.4 cm³/mol. The summed E-state index contributed by atoms with van der Waals surface area (Å²) in [5.74, 6) is 2.10. The van der Waals surface area contributed by atoms with Crippen molar-refractivity contribution in [2.75, 3.05) is 0 Å². The Labute approximate surface area is 72.6 Å². The number of aliphatic hydroxyl groups excluding tert-OH is 2. The zero-order valence-corrected chi connectivity index (χ0v) is 7.19. The van der Waals surface area contributed by atoms with Crippen molar-refractivity contribution in [3.63, 3.8) is 0 Å². The highest BCUT2D eigenvalue weighted by atomic mass is 16.3. The van der Waals surface area contributed by atoms with Crippen molar-refractivity contribution >= 4 is 0 Å². The highest BCUT2D eigenvalue weighted by Gasteiger charge is 2.52. The Balaban J connectivity index is 1.93. The van der Waals surface area contributed by atoms with Crippen LogP contribution in [0.2, 0.25) is 0 Å². The maximum absolute atomic E-state index is 9.84. The molecule has 4 unspecified atom stereocenters. The first-order valence-electron chi connectivity index (χ1n) is 5.12. The van der Waals surface area contributed by atoms with E-state index in [2.05, 4.69) is 0 Å². The molecule has 2 N–H and O–H groups in total. The third kappa shape index (κ3) is 0.775. The van der Waals surface area contributed by atoms with Crippen molar-refractivity contribution in [1.29, 1.82) is 0 Å². The fourth-order valence-electron chi connectivity index (χ4n) is 3.85. The van der Waals surface area contributed by atoms with Crippen LogP contribution in [0.4, 0.5) is 0 Å². The third-order valence-electron chi connectivity index (χ3n) is 4.33. The van der Waals surface area contributed by atoms with Gasteiger partial charge in [0.1, 0.15) is 0 Å². The first kappa shape index (κ1) is 7.34. The van der Waals surface area contributed by atoms with E-state index < -0.39 is 0 Å². The highest BCUT2D eigenvalue weighted by molar-refractivity contribution is 5.02. The Kier molecular flexibility index (Phi) is 1.37. The van der Waals surface area contributed by atoms with Crippen molar-refractivity contribution in [3.05, 3.63) is 0 Å². The predicted octanol–water partition coefficient (Wildman–Crippen LogP) is 0.774. The number of hydrogen-bond donors (Lipinski definition) is 2. The molecule has 4 fully saturated rings. The summed E-state index contributed by atoms with van der Waals surface area (Å²) < 4.78 is 0. The Morgan fingerprint density at radius 2 is 1.33 bits per heavy atom. The fourth-order valence-corrected chi connectivity index (χ4v) is 3.85. The molecule has 0 radical (unpaired) electrons. The minimum Gasteiger partial charge on any atom is -0.392 e. The molecule has 0 amide bonds. The van der Waals surface area contributed by atoms with Gasteiger partial charge in [0.2, 0.25) is 0 Å². The molecule has 0 aromatic heterocycles.